The predicted molar refractivity (Wildman–Crippen MR) is 158 cm³/mol. The molecule has 0 bridgehead atoms. The molecule has 0 saturated carbocycles. The Morgan fingerprint density at radius 1 is 0.538 bits per heavy atom. The molecule has 0 fully saturated rings. The first kappa shape index (κ1) is 21.8. The molecule has 0 unspecified atom stereocenters. The minimum Gasteiger partial charge on any atom is -0.408 e. The summed E-state index contributed by atoms with van der Waals surface area (Å²) in [5.74, 6) is 2.58. The van der Waals surface area contributed by atoms with E-state index in [0.29, 0.717) is 0 Å². The molecular formula is C35H25O3P. The Balaban J connectivity index is 1.19. The van der Waals surface area contributed by atoms with Crippen molar-refractivity contribution >= 4 is 40.9 Å². The quantitative estimate of drug-likeness (QED) is 0.167. The third-order valence-electron chi connectivity index (χ3n) is 9.07. The maximum absolute atomic E-state index is 6.63. The van der Waals surface area contributed by atoms with Crippen LogP contribution in [0.5, 0.6) is 17.2 Å². The van der Waals surface area contributed by atoms with Gasteiger partial charge in [-0.15, -0.1) is 0 Å². The van der Waals surface area contributed by atoms with Gasteiger partial charge in [0.2, 0.25) is 0 Å². The Kier molecular flexibility index (Phi) is 4.46. The van der Waals surface area contributed by atoms with Crippen LogP contribution in [0.4, 0.5) is 0 Å². The zero-order valence-corrected chi connectivity index (χ0v) is 22.2. The van der Waals surface area contributed by atoms with Crippen LogP contribution in [-0.4, -0.2) is 0 Å². The molecule has 3 aliphatic rings. The first-order valence-electron chi connectivity index (χ1n) is 13.7. The summed E-state index contributed by atoms with van der Waals surface area (Å²) in [5.41, 5.74) is 5.49. The maximum Gasteiger partial charge on any atom is 0.530 e. The fourth-order valence-corrected chi connectivity index (χ4v) is 8.52. The third kappa shape index (κ3) is 3.03. The summed E-state index contributed by atoms with van der Waals surface area (Å²) in [5, 5.41) is 7.37. The van der Waals surface area contributed by atoms with Crippen molar-refractivity contribution in [2.75, 3.05) is 0 Å². The second kappa shape index (κ2) is 7.97. The van der Waals surface area contributed by atoms with Crippen LogP contribution in [0.2, 0.25) is 0 Å². The predicted octanol–water partition coefficient (Wildman–Crippen LogP) is 9.40. The summed E-state index contributed by atoms with van der Waals surface area (Å²) in [6, 6.07) is 36.5. The van der Waals surface area contributed by atoms with E-state index in [1.165, 1.54) is 54.6 Å². The summed E-state index contributed by atoms with van der Waals surface area (Å²) >= 11 is 0. The number of hydrogen-bond donors (Lipinski definition) is 0. The van der Waals surface area contributed by atoms with Gasteiger partial charge in [-0.1, -0.05) is 78.9 Å². The lowest BCUT2D eigenvalue weighted by atomic mass is 9.76. The normalized spacial score (nSPS) is 16.8. The molecule has 2 aliphatic carbocycles. The van der Waals surface area contributed by atoms with Crippen molar-refractivity contribution in [2.24, 2.45) is 0 Å². The van der Waals surface area contributed by atoms with E-state index >= 15 is 0 Å². The van der Waals surface area contributed by atoms with Gasteiger partial charge in [0.15, 0.2) is 0 Å². The van der Waals surface area contributed by atoms with Gasteiger partial charge in [0.05, 0.1) is 0 Å². The third-order valence-corrected chi connectivity index (χ3v) is 10.1. The van der Waals surface area contributed by atoms with Gasteiger partial charge in [-0.2, -0.15) is 0 Å². The summed E-state index contributed by atoms with van der Waals surface area (Å²) in [4.78, 5) is 0. The van der Waals surface area contributed by atoms with Gasteiger partial charge in [0.25, 0.3) is 0 Å². The summed E-state index contributed by atoms with van der Waals surface area (Å²) in [6.07, 6.45) is 4.37. The molecule has 9 rings (SSSR count). The van der Waals surface area contributed by atoms with Crippen molar-refractivity contribution in [3.8, 4) is 17.2 Å². The minimum atomic E-state index is -1.71. The smallest absolute Gasteiger partial charge is 0.408 e. The van der Waals surface area contributed by atoms with Gasteiger partial charge in [-0.05, 0) is 93.4 Å². The van der Waals surface area contributed by atoms with Crippen LogP contribution in [0, 0.1) is 0 Å². The van der Waals surface area contributed by atoms with Gasteiger partial charge < -0.3 is 13.6 Å². The largest absolute Gasteiger partial charge is 0.530 e. The first-order valence-corrected chi connectivity index (χ1v) is 14.8. The molecule has 0 N–H and O–H groups in total. The van der Waals surface area contributed by atoms with Gasteiger partial charge in [-0.25, -0.2) is 0 Å². The first-order chi connectivity index (χ1) is 19.3. The molecule has 0 saturated heterocycles. The molecule has 0 amide bonds. The van der Waals surface area contributed by atoms with Crippen molar-refractivity contribution < 1.29 is 13.6 Å². The van der Waals surface area contributed by atoms with Gasteiger partial charge in [-0.3, -0.25) is 0 Å². The van der Waals surface area contributed by atoms with Crippen molar-refractivity contribution in [3.63, 3.8) is 0 Å². The SMILES string of the molecule is c1cc2c3c(c1)OP(Oc1ccc4c5ccccc5c5ccccc5c4c1)Oc1cccc4c1C3(CC2)CC4. The van der Waals surface area contributed by atoms with Crippen LogP contribution in [0.1, 0.15) is 35.1 Å². The molecule has 1 spiro atoms. The standard InChI is InChI=1S/C35H25O3P/c1-2-11-27-25(9-1)26-10-3-4-12-28(26)30-21-24(15-16-29(27)30)36-39-37-31-13-5-7-22-17-19-35(33(22)31)20-18-23-8-6-14-32(38-39)34(23)35/h1-16,21H,17-20H2. The van der Waals surface area contributed by atoms with Crippen LogP contribution in [0.25, 0.3) is 32.3 Å². The van der Waals surface area contributed by atoms with Gasteiger partial charge in [0, 0.05) is 16.5 Å². The average molecular weight is 525 g/mol. The van der Waals surface area contributed by atoms with Crippen molar-refractivity contribution in [1.29, 1.82) is 0 Å². The van der Waals surface area contributed by atoms with E-state index in [-0.39, 0.29) is 5.41 Å². The zero-order chi connectivity index (χ0) is 25.6. The molecule has 0 radical (unpaired) electrons. The fourth-order valence-electron chi connectivity index (χ4n) is 7.50. The zero-order valence-electron chi connectivity index (χ0n) is 21.3. The molecule has 6 aromatic carbocycles. The van der Waals surface area contributed by atoms with E-state index in [9.17, 15) is 0 Å². The fraction of sp³-hybridized carbons (Fsp3) is 0.143. The Hall–Kier alpha value is -4.07. The van der Waals surface area contributed by atoms with Crippen molar-refractivity contribution in [1.82, 2.24) is 0 Å². The number of benzene rings is 6. The number of hydrogen-bond acceptors (Lipinski definition) is 3. The minimum absolute atomic E-state index is 0.0117. The maximum atomic E-state index is 6.63. The van der Waals surface area contributed by atoms with Crippen LogP contribution < -0.4 is 13.6 Å². The monoisotopic (exact) mass is 524 g/mol. The molecule has 39 heavy (non-hydrogen) atoms. The lowest BCUT2D eigenvalue weighted by molar-refractivity contribution is 0.364. The molecule has 3 nitrogen and oxygen atoms in total. The van der Waals surface area contributed by atoms with Crippen LogP contribution in [0.3, 0.4) is 0 Å². The van der Waals surface area contributed by atoms with E-state index in [1.54, 1.807) is 0 Å². The van der Waals surface area contributed by atoms with Crippen LogP contribution in [-0.2, 0) is 18.3 Å². The number of fused-ring (bicyclic) bond motifs is 6. The molecule has 6 aromatic rings. The Bertz CT molecular complexity index is 1880. The Morgan fingerprint density at radius 3 is 1.62 bits per heavy atom. The van der Waals surface area contributed by atoms with Crippen molar-refractivity contribution in [3.05, 3.63) is 125 Å². The van der Waals surface area contributed by atoms with E-state index in [2.05, 4.69) is 97.1 Å². The highest BCUT2D eigenvalue weighted by Crippen LogP contribution is 2.61. The summed E-state index contributed by atoms with van der Waals surface area (Å²) < 4.78 is 19.8. The van der Waals surface area contributed by atoms with E-state index < -0.39 is 8.60 Å². The molecule has 0 atom stereocenters. The Morgan fingerprint density at radius 2 is 1.05 bits per heavy atom. The van der Waals surface area contributed by atoms with Gasteiger partial charge in [0.1, 0.15) is 17.2 Å². The molecule has 1 aliphatic heterocycles. The molecule has 0 aromatic heterocycles. The number of aryl methyl sites for hydroxylation is 2. The highest BCUT2D eigenvalue weighted by atomic mass is 31.2. The van der Waals surface area contributed by atoms with E-state index in [1.807, 2.05) is 6.07 Å². The second-order valence-corrected chi connectivity index (χ2v) is 12.0. The second-order valence-electron chi connectivity index (χ2n) is 11.0. The molecule has 188 valence electrons. The highest BCUT2D eigenvalue weighted by molar-refractivity contribution is 7.43. The summed E-state index contributed by atoms with van der Waals surface area (Å²) in [6.45, 7) is 0. The average Bonchev–Trinajstić information content (AvgIpc) is 3.55. The lowest BCUT2D eigenvalue weighted by Gasteiger charge is -2.33. The lowest BCUT2D eigenvalue weighted by Crippen LogP contribution is -2.24. The molecular weight excluding hydrogens is 499 g/mol. The van der Waals surface area contributed by atoms with Crippen molar-refractivity contribution in [2.45, 2.75) is 31.1 Å². The van der Waals surface area contributed by atoms with E-state index in [0.717, 1.165) is 42.9 Å². The van der Waals surface area contributed by atoms with Crippen LogP contribution in [0.15, 0.2) is 103 Å². The van der Waals surface area contributed by atoms with Crippen LogP contribution >= 0.6 is 8.60 Å². The highest BCUT2D eigenvalue weighted by Gasteiger charge is 2.50. The Labute approximate surface area is 227 Å². The summed E-state index contributed by atoms with van der Waals surface area (Å²) in [7, 11) is -1.71. The topological polar surface area (TPSA) is 27.7 Å². The number of rotatable bonds is 2. The molecule has 1 heterocycles. The van der Waals surface area contributed by atoms with Gasteiger partial charge >= 0.3 is 8.60 Å². The van der Waals surface area contributed by atoms with E-state index in [4.69, 9.17) is 13.6 Å². The molecule has 4 heteroatoms.